The summed E-state index contributed by atoms with van der Waals surface area (Å²) in [5.41, 5.74) is 0.814. The Morgan fingerprint density at radius 3 is 2.60 bits per heavy atom. The van der Waals surface area contributed by atoms with Crippen molar-refractivity contribution in [2.24, 2.45) is 0 Å². The molecule has 126 valence electrons. The maximum atomic E-state index is 10.3. The van der Waals surface area contributed by atoms with Crippen molar-refractivity contribution in [3.8, 4) is 11.8 Å². The van der Waals surface area contributed by atoms with Crippen LogP contribution in [0.25, 0.3) is 15.8 Å². The Bertz CT molecular complexity index is 991. The van der Waals surface area contributed by atoms with E-state index in [0.717, 1.165) is 10.2 Å². The highest BCUT2D eigenvalue weighted by Gasteiger charge is 2.15. The van der Waals surface area contributed by atoms with E-state index in [0.29, 0.717) is 10.0 Å². The molecule has 4 nitrogen and oxygen atoms in total. The maximum absolute atomic E-state index is 10.3. The molecule has 2 aromatic carbocycles. The van der Waals surface area contributed by atoms with Gasteiger partial charge in [0.2, 0.25) is 0 Å². The lowest BCUT2D eigenvalue weighted by molar-refractivity contribution is 0.273. The number of nitrogens with zero attached hydrogens (tertiary/aromatic N) is 2. The fourth-order valence-electron chi connectivity index (χ4n) is 2.05. The molecule has 3 rings (SSSR count). The van der Waals surface area contributed by atoms with Crippen LogP contribution in [0.3, 0.4) is 0 Å². The summed E-state index contributed by atoms with van der Waals surface area (Å²) in [6.07, 6.45) is 0. The first-order valence-corrected chi connectivity index (χ1v) is 8.90. The van der Waals surface area contributed by atoms with Crippen molar-refractivity contribution in [1.29, 1.82) is 5.26 Å². The summed E-state index contributed by atoms with van der Waals surface area (Å²) in [6.45, 7) is -0.253. The molecule has 25 heavy (non-hydrogen) atoms. The number of aromatic nitrogens is 1. The first-order chi connectivity index (χ1) is 12.0. The van der Waals surface area contributed by atoms with Crippen LogP contribution in [0.15, 0.2) is 42.2 Å². The highest BCUT2D eigenvalue weighted by Crippen LogP contribution is 2.34. The highest BCUT2D eigenvalue weighted by atomic mass is 35.5. The number of thiazole rings is 1. The number of halogens is 3. The van der Waals surface area contributed by atoms with Crippen LogP contribution in [-0.2, 0) is 0 Å². The number of ether oxygens (including phenoxy) is 1. The fourth-order valence-corrected chi connectivity index (χ4v) is 3.62. The van der Waals surface area contributed by atoms with Gasteiger partial charge in [0.1, 0.15) is 29.0 Å². The van der Waals surface area contributed by atoms with E-state index in [2.05, 4.69) is 4.98 Å². The van der Waals surface area contributed by atoms with Crippen LogP contribution in [0.2, 0.25) is 15.1 Å². The second-order valence-electron chi connectivity index (χ2n) is 4.91. The Labute approximate surface area is 162 Å². The van der Waals surface area contributed by atoms with Crippen molar-refractivity contribution in [2.45, 2.75) is 0 Å². The van der Waals surface area contributed by atoms with Gasteiger partial charge < -0.3 is 9.84 Å². The molecule has 0 saturated heterocycles. The summed E-state index contributed by atoms with van der Waals surface area (Å²) in [7, 11) is 0. The van der Waals surface area contributed by atoms with Gasteiger partial charge in [0.15, 0.2) is 5.76 Å². The van der Waals surface area contributed by atoms with Gasteiger partial charge in [-0.1, -0.05) is 46.9 Å². The molecule has 0 radical (unpaired) electrons. The summed E-state index contributed by atoms with van der Waals surface area (Å²) < 4.78 is 6.38. The standard InChI is InChI=1S/C17H9Cl3N2O2S/c18-10-5-12(20)15(6-11(10)19)24-8-14(23)9(7-21)17-22-13-3-1-2-4-16(13)25-17/h1-6,23H,8H2/b14-9-. The lowest BCUT2D eigenvalue weighted by Crippen LogP contribution is -2.04. The molecule has 1 aromatic heterocycles. The summed E-state index contributed by atoms with van der Waals surface area (Å²) in [5.74, 6) is 0.00732. The van der Waals surface area contributed by atoms with Crippen molar-refractivity contribution in [2.75, 3.05) is 6.61 Å². The van der Waals surface area contributed by atoms with Crippen molar-refractivity contribution in [3.05, 3.63) is 62.2 Å². The van der Waals surface area contributed by atoms with Gasteiger partial charge in [0, 0.05) is 6.07 Å². The predicted octanol–water partition coefficient (Wildman–Crippen LogP) is 6.13. The molecule has 0 aliphatic carbocycles. The first-order valence-electron chi connectivity index (χ1n) is 6.95. The number of para-hydroxylation sites is 1. The third-order valence-corrected chi connectivity index (χ3v) is 5.32. The topological polar surface area (TPSA) is 66.1 Å². The Morgan fingerprint density at radius 1 is 1.16 bits per heavy atom. The Morgan fingerprint density at radius 2 is 1.88 bits per heavy atom. The highest BCUT2D eigenvalue weighted by molar-refractivity contribution is 7.19. The van der Waals surface area contributed by atoms with Gasteiger partial charge >= 0.3 is 0 Å². The quantitative estimate of drug-likeness (QED) is 0.319. The van der Waals surface area contributed by atoms with Gasteiger partial charge in [-0.05, 0) is 18.2 Å². The minimum Gasteiger partial charge on any atom is -0.507 e. The van der Waals surface area contributed by atoms with Crippen molar-refractivity contribution >= 4 is 61.9 Å². The van der Waals surface area contributed by atoms with Crippen LogP contribution >= 0.6 is 46.1 Å². The third kappa shape index (κ3) is 3.83. The van der Waals surface area contributed by atoms with E-state index in [4.69, 9.17) is 39.5 Å². The minimum absolute atomic E-state index is 0.0531. The zero-order valence-electron chi connectivity index (χ0n) is 12.5. The lowest BCUT2D eigenvalue weighted by Gasteiger charge is -2.09. The van der Waals surface area contributed by atoms with Crippen LogP contribution in [0.4, 0.5) is 0 Å². The molecule has 1 heterocycles. The predicted molar refractivity (Wildman–Crippen MR) is 102 cm³/mol. The monoisotopic (exact) mass is 410 g/mol. The van der Waals surface area contributed by atoms with Gasteiger partial charge in [-0.15, -0.1) is 11.3 Å². The number of allylic oxidation sites excluding steroid dienone is 1. The molecule has 8 heteroatoms. The number of rotatable bonds is 4. The van der Waals surface area contributed by atoms with Gasteiger partial charge in [0.25, 0.3) is 0 Å². The smallest absolute Gasteiger partial charge is 0.151 e. The van der Waals surface area contributed by atoms with E-state index in [1.54, 1.807) is 0 Å². The zero-order chi connectivity index (χ0) is 18.0. The van der Waals surface area contributed by atoms with E-state index in [1.165, 1.54) is 23.5 Å². The molecule has 0 amide bonds. The SMILES string of the molecule is N#C/C(=C(/O)COc1cc(Cl)c(Cl)cc1Cl)c1nc2ccccc2s1. The first kappa shape index (κ1) is 17.8. The molecule has 1 N–H and O–H groups in total. The Kier molecular flexibility index (Phi) is 5.36. The second kappa shape index (κ2) is 7.51. The molecule has 0 aliphatic rings. The number of aliphatic hydroxyl groups is 1. The Balaban J connectivity index is 1.87. The van der Waals surface area contributed by atoms with Crippen LogP contribution in [0, 0.1) is 11.3 Å². The van der Waals surface area contributed by atoms with E-state index in [9.17, 15) is 10.4 Å². The molecule has 0 spiro atoms. The molecule has 0 fully saturated rings. The van der Waals surface area contributed by atoms with Gasteiger partial charge in [0.05, 0.1) is 25.3 Å². The summed E-state index contributed by atoms with van der Waals surface area (Å²) in [5, 5.41) is 20.9. The van der Waals surface area contributed by atoms with Gasteiger partial charge in [-0.3, -0.25) is 0 Å². The molecule has 0 unspecified atom stereocenters. The zero-order valence-corrected chi connectivity index (χ0v) is 15.5. The second-order valence-corrected chi connectivity index (χ2v) is 7.16. The van der Waals surface area contributed by atoms with Crippen molar-refractivity contribution in [1.82, 2.24) is 4.98 Å². The van der Waals surface area contributed by atoms with Crippen LogP contribution < -0.4 is 4.74 Å². The molecule has 0 saturated carbocycles. The minimum atomic E-state index is -0.253. The molecule has 0 bridgehead atoms. The van der Waals surface area contributed by atoms with Crippen LogP contribution in [0.5, 0.6) is 5.75 Å². The maximum Gasteiger partial charge on any atom is 0.151 e. The van der Waals surface area contributed by atoms with Gasteiger partial charge in [-0.25, -0.2) is 4.98 Å². The van der Waals surface area contributed by atoms with E-state index in [1.807, 2.05) is 30.3 Å². The molecule has 0 aliphatic heterocycles. The van der Waals surface area contributed by atoms with E-state index in [-0.39, 0.29) is 33.7 Å². The van der Waals surface area contributed by atoms with E-state index < -0.39 is 0 Å². The normalized spacial score (nSPS) is 11.9. The van der Waals surface area contributed by atoms with Gasteiger partial charge in [-0.2, -0.15) is 5.26 Å². The summed E-state index contributed by atoms with van der Waals surface area (Å²) >= 11 is 19.1. The summed E-state index contributed by atoms with van der Waals surface area (Å²) in [4.78, 5) is 4.36. The number of hydrogen-bond acceptors (Lipinski definition) is 5. The van der Waals surface area contributed by atoms with Crippen LogP contribution in [0.1, 0.15) is 5.01 Å². The molecule has 3 aromatic rings. The summed E-state index contributed by atoms with van der Waals surface area (Å²) in [6, 6.07) is 12.3. The number of benzene rings is 2. The number of fused-ring (bicyclic) bond motifs is 1. The molecular formula is C17H9Cl3N2O2S. The lowest BCUT2D eigenvalue weighted by atomic mass is 10.2. The third-order valence-electron chi connectivity index (χ3n) is 3.25. The Hall–Kier alpha value is -1.97. The average molecular weight is 412 g/mol. The average Bonchev–Trinajstić information content (AvgIpc) is 3.01. The molecule has 0 atom stereocenters. The van der Waals surface area contributed by atoms with Crippen molar-refractivity contribution in [3.63, 3.8) is 0 Å². The number of hydrogen-bond donors (Lipinski definition) is 1. The number of nitriles is 1. The largest absolute Gasteiger partial charge is 0.507 e. The van der Waals surface area contributed by atoms with E-state index >= 15 is 0 Å². The van der Waals surface area contributed by atoms with Crippen molar-refractivity contribution < 1.29 is 9.84 Å². The fraction of sp³-hybridized carbons (Fsp3) is 0.0588. The van der Waals surface area contributed by atoms with Crippen LogP contribution in [-0.4, -0.2) is 16.7 Å². The number of aliphatic hydroxyl groups excluding tert-OH is 1. The molecular weight excluding hydrogens is 403 g/mol.